The lowest BCUT2D eigenvalue weighted by atomic mass is 9.85. The minimum atomic E-state index is -0.201. The summed E-state index contributed by atoms with van der Waals surface area (Å²) < 4.78 is 0.576. The Morgan fingerprint density at radius 1 is 1.09 bits per heavy atom. The van der Waals surface area contributed by atoms with Crippen LogP contribution in [0, 0.1) is 11.8 Å². The Labute approximate surface area is 142 Å². The van der Waals surface area contributed by atoms with Crippen molar-refractivity contribution in [3.05, 3.63) is 33.5 Å². The van der Waals surface area contributed by atoms with Gasteiger partial charge in [0.15, 0.2) is 0 Å². The highest BCUT2D eigenvalue weighted by Crippen LogP contribution is 2.37. The van der Waals surface area contributed by atoms with Gasteiger partial charge in [-0.15, -0.1) is 11.3 Å². The zero-order valence-corrected chi connectivity index (χ0v) is 13.8. The van der Waals surface area contributed by atoms with E-state index < -0.39 is 0 Å². The second-order valence-electron chi connectivity index (χ2n) is 6.17. The van der Waals surface area contributed by atoms with E-state index in [1.807, 2.05) is 12.2 Å². The van der Waals surface area contributed by atoms with Crippen molar-refractivity contribution in [1.29, 1.82) is 0 Å². The summed E-state index contributed by atoms with van der Waals surface area (Å²) in [5, 5.41) is 0. The van der Waals surface area contributed by atoms with Crippen LogP contribution >= 0.6 is 22.9 Å². The van der Waals surface area contributed by atoms with Gasteiger partial charge in [-0.25, -0.2) is 0 Å². The smallest absolute Gasteiger partial charge is 0.264 e. The van der Waals surface area contributed by atoms with Crippen LogP contribution in [0.15, 0.2) is 24.3 Å². The summed E-state index contributed by atoms with van der Waals surface area (Å²) >= 11 is 7.10. The highest BCUT2D eigenvalue weighted by molar-refractivity contribution is 7.17. The molecule has 1 aliphatic carbocycles. The average Bonchev–Trinajstić information content (AvgIpc) is 3.04. The van der Waals surface area contributed by atoms with E-state index in [2.05, 4.69) is 0 Å². The Morgan fingerprint density at radius 2 is 1.70 bits per heavy atom. The minimum Gasteiger partial charge on any atom is -0.334 e. The van der Waals surface area contributed by atoms with Gasteiger partial charge in [0, 0.05) is 13.1 Å². The van der Waals surface area contributed by atoms with Gasteiger partial charge in [0.25, 0.3) is 5.91 Å². The van der Waals surface area contributed by atoms with Crippen molar-refractivity contribution in [2.45, 2.75) is 18.9 Å². The van der Waals surface area contributed by atoms with Gasteiger partial charge in [0.05, 0.1) is 27.1 Å². The van der Waals surface area contributed by atoms with Crippen molar-refractivity contribution in [2.75, 3.05) is 13.1 Å². The lowest BCUT2D eigenvalue weighted by molar-refractivity contribution is -0.145. The molecular weight excluding hydrogens is 336 g/mol. The van der Waals surface area contributed by atoms with Crippen LogP contribution < -0.4 is 0 Å². The highest BCUT2D eigenvalue weighted by atomic mass is 35.5. The van der Waals surface area contributed by atoms with Crippen LogP contribution in [0.4, 0.5) is 0 Å². The predicted molar refractivity (Wildman–Crippen MR) is 86.2 cm³/mol. The summed E-state index contributed by atoms with van der Waals surface area (Å²) in [5.74, 6) is -0.626. The third-order valence-electron chi connectivity index (χ3n) is 4.84. The molecule has 4 rings (SSSR count). The molecule has 3 amide bonds. The topological polar surface area (TPSA) is 57.7 Å². The number of imide groups is 1. The van der Waals surface area contributed by atoms with Gasteiger partial charge in [0.1, 0.15) is 0 Å². The molecule has 2 aliphatic heterocycles. The molecule has 23 heavy (non-hydrogen) atoms. The number of amides is 3. The van der Waals surface area contributed by atoms with Gasteiger partial charge in [-0.3, -0.25) is 19.3 Å². The van der Waals surface area contributed by atoms with E-state index in [0.717, 1.165) is 0 Å². The van der Waals surface area contributed by atoms with Gasteiger partial charge >= 0.3 is 0 Å². The number of halogens is 1. The molecule has 0 saturated carbocycles. The summed E-state index contributed by atoms with van der Waals surface area (Å²) in [4.78, 5) is 40.9. The van der Waals surface area contributed by atoms with E-state index in [4.69, 9.17) is 11.6 Å². The fraction of sp³-hybridized carbons (Fsp3) is 0.438. The Bertz CT molecular complexity index is 697. The Morgan fingerprint density at radius 3 is 2.22 bits per heavy atom. The van der Waals surface area contributed by atoms with Crippen LogP contribution in [0.2, 0.25) is 4.34 Å². The molecule has 120 valence electrons. The maximum atomic E-state index is 12.5. The number of hydrogen-bond donors (Lipinski definition) is 0. The number of likely N-dealkylation sites (tertiary alicyclic amines) is 2. The third kappa shape index (κ3) is 2.32. The summed E-state index contributed by atoms with van der Waals surface area (Å²) in [6.45, 7) is 0.831. The molecule has 2 atom stereocenters. The molecule has 0 N–H and O–H groups in total. The number of carbonyl (C=O) groups is 3. The Hall–Kier alpha value is -1.66. The van der Waals surface area contributed by atoms with E-state index in [1.54, 1.807) is 17.0 Å². The fourth-order valence-electron chi connectivity index (χ4n) is 3.56. The van der Waals surface area contributed by atoms with Crippen molar-refractivity contribution < 1.29 is 14.4 Å². The van der Waals surface area contributed by atoms with Crippen molar-refractivity contribution in [3.63, 3.8) is 0 Å². The van der Waals surface area contributed by atoms with Gasteiger partial charge < -0.3 is 4.90 Å². The first-order valence-corrected chi connectivity index (χ1v) is 8.82. The van der Waals surface area contributed by atoms with Gasteiger partial charge in [-0.05, 0) is 25.0 Å². The van der Waals surface area contributed by atoms with Crippen LogP contribution in [-0.2, 0) is 9.59 Å². The first kappa shape index (κ1) is 14.9. The molecule has 1 aromatic rings. The molecule has 2 saturated heterocycles. The van der Waals surface area contributed by atoms with E-state index in [0.29, 0.717) is 35.1 Å². The molecule has 2 unspecified atom stereocenters. The average molecular weight is 351 g/mol. The summed E-state index contributed by atoms with van der Waals surface area (Å²) in [5.41, 5.74) is 0. The number of nitrogens with zero attached hydrogens (tertiary/aromatic N) is 2. The molecule has 1 aromatic heterocycles. The SMILES string of the molecule is O=C(c1ccc(Cl)s1)N1CC(N2C(=O)C3CC=CCC3C2=O)C1. The lowest BCUT2D eigenvalue weighted by Gasteiger charge is -2.43. The lowest BCUT2D eigenvalue weighted by Crippen LogP contribution is -2.62. The van der Waals surface area contributed by atoms with Crippen LogP contribution in [0.25, 0.3) is 0 Å². The molecule has 0 radical (unpaired) electrons. The normalized spacial score (nSPS) is 27.3. The molecule has 0 spiro atoms. The quantitative estimate of drug-likeness (QED) is 0.606. The van der Waals surface area contributed by atoms with E-state index in [-0.39, 0.29) is 35.6 Å². The summed E-state index contributed by atoms with van der Waals surface area (Å²) in [7, 11) is 0. The Balaban J connectivity index is 1.43. The van der Waals surface area contributed by atoms with Gasteiger partial charge in [-0.2, -0.15) is 0 Å². The second-order valence-corrected chi connectivity index (χ2v) is 7.89. The molecule has 0 aromatic carbocycles. The second kappa shape index (κ2) is 5.46. The first-order valence-electron chi connectivity index (χ1n) is 7.63. The fourth-order valence-corrected chi connectivity index (χ4v) is 4.57. The number of rotatable bonds is 2. The molecule has 5 nitrogen and oxygen atoms in total. The van der Waals surface area contributed by atoms with E-state index in [1.165, 1.54) is 16.2 Å². The number of fused-ring (bicyclic) bond motifs is 1. The maximum absolute atomic E-state index is 12.5. The minimum absolute atomic E-state index is 0.0689. The highest BCUT2D eigenvalue weighted by Gasteiger charge is 2.52. The summed E-state index contributed by atoms with van der Waals surface area (Å²) in [6.07, 6.45) is 5.25. The van der Waals surface area contributed by atoms with Crippen molar-refractivity contribution in [2.24, 2.45) is 11.8 Å². The van der Waals surface area contributed by atoms with E-state index >= 15 is 0 Å². The van der Waals surface area contributed by atoms with E-state index in [9.17, 15) is 14.4 Å². The molecular formula is C16H15ClN2O3S. The maximum Gasteiger partial charge on any atom is 0.264 e. The predicted octanol–water partition coefficient (Wildman–Crippen LogP) is 2.18. The molecule has 7 heteroatoms. The molecule has 2 fully saturated rings. The number of thiophene rings is 1. The largest absolute Gasteiger partial charge is 0.334 e. The zero-order chi connectivity index (χ0) is 16.1. The standard InChI is InChI=1S/C16H15ClN2O3S/c17-13-6-5-12(23-13)16(22)18-7-9(8-18)19-14(20)10-3-1-2-4-11(10)15(19)21/h1-2,5-6,9-11H,3-4,7-8H2. The van der Waals surface area contributed by atoms with Crippen molar-refractivity contribution in [3.8, 4) is 0 Å². The van der Waals surface area contributed by atoms with Crippen molar-refractivity contribution in [1.82, 2.24) is 9.80 Å². The molecule has 0 bridgehead atoms. The van der Waals surface area contributed by atoms with Crippen molar-refractivity contribution >= 4 is 40.7 Å². The van der Waals surface area contributed by atoms with Gasteiger partial charge in [0.2, 0.25) is 11.8 Å². The van der Waals surface area contributed by atoms with Crippen LogP contribution in [0.3, 0.4) is 0 Å². The van der Waals surface area contributed by atoms with Crippen LogP contribution in [0.1, 0.15) is 22.5 Å². The summed E-state index contributed by atoms with van der Waals surface area (Å²) in [6, 6.07) is 3.22. The van der Waals surface area contributed by atoms with Gasteiger partial charge in [-0.1, -0.05) is 23.8 Å². The Kier molecular flexibility index (Phi) is 3.54. The number of allylic oxidation sites excluding steroid dienone is 2. The number of carbonyl (C=O) groups excluding carboxylic acids is 3. The monoisotopic (exact) mass is 350 g/mol. The molecule has 3 heterocycles. The first-order chi connectivity index (χ1) is 11.1. The number of hydrogen-bond acceptors (Lipinski definition) is 4. The van der Waals surface area contributed by atoms with Crippen LogP contribution in [-0.4, -0.2) is 46.7 Å². The third-order valence-corrected chi connectivity index (χ3v) is 6.06. The van der Waals surface area contributed by atoms with Crippen LogP contribution in [0.5, 0.6) is 0 Å². The molecule has 3 aliphatic rings. The zero-order valence-electron chi connectivity index (χ0n) is 12.3.